The molecule has 2 N–H and O–H groups in total. The van der Waals surface area contributed by atoms with Crippen LogP contribution in [-0.4, -0.2) is 32.6 Å². The summed E-state index contributed by atoms with van der Waals surface area (Å²) in [5.41, 5.74) is -1.38. The van der Waals surface area contributed by atoms with Gasteiger partial charge in [-0.05, 0) is 63.5 Å². The second kappa shape index (κ2) is 9.72. The Bertz CT molecular complexity index is 1490. The van der Waals surface area contributed by atoms with Gasteiger partial charge in [-0.2, -0.15) is 0 Å². The number of amides is 1. The van der Waals surface area contributed by atoms with Crippen LogP contribution in [0.1, 0.15) is 38.1 Å². The number of carbonyl (C=O) groups is 1. The molecule has 0 aliphatic carbocycles. The maximum absolute atomic E-state index is 14.6. The molecule has 0 radical (unpaired) electrons. The van der Waals surface area contributed by atoms with E-state index < -0.39 is 68.1 Å². The molecule has 0 saturated carbocycles. The Morgan fingerprint density at radius 2 is 1.42 bits per heavy atom. The van der Waals surface area contributed by atoms with Gasteiger partial charge in [0, 0.05) is 29.1 Å². The fourth-order valence-corrected chi connectivity index (χ4v) is 4.77. The van der Waals surface area contributed by atoms with Crippen molar-refractivity contribution in [3.05, 3.63) is 83.4 Å². The Hall–Kier alpha value is -3.42. The number of nitrogens with one attached hydrogen (secondary N) is 2. The summed E-state index contributed by atoms with van der Waals surface area (Å²) < 4.78 is 94.9. The minimum atomic E-state index is -4.53. The van der Waals surface area contributed by atoms with Crippen molar-refractivity contribution in [2.75, 3.05) is 10.0 Å². The van der Waals surface area contributed by atoms with Gasteiger partial charge in [0.1, 0.15) is 10.7 Å². The lowest BCUT2D eigenvalue weighted by atomic mass is 9.79. The molecule has 4 rings (SSSR count). The minimum Gasteiger partial charge on any atom is -0.399 e. The summed E-state index contributed by atoms with van der Waals surface area (Å²) in [4.78, 5) is 11.7. The van der Waals surface area contributed by atoms with E-state index in [1.165, 1.54) is 12.1 Å². The zero-order valence-electron chi connectivity index (χ0n) is 20.7. The van der Waals surface area contributed by atoms with Crippen LogP contribution < -0.4 is 15.5 Å². The first-order chi connectivity index (χ1) is 17.6. The summed E-state index contributed by atoms with van der Waals surface area (Å²) in [5.74, 6) is -6.93. The van der Waals surface area contributed by atoms with Gasteiger partial charge in [0.15, 0.2) is 17.5 Å². The molecule has 7 nitrogen and oxygen atoms in total. The van der Waals surface area contributed by atoms with E-state index in [-0.39, 0.29) is 11.3 Å². The van der Waals surface area contributed by atoms with Crippen molar-refractivity contribution < 1.29 is 40.1 Å². The topological polar surface area (TPSA) is 93.7 Å². The van der Waals surface area contributed by atoms with Crippen LogP contribution in [0.5, 0.6) is 0 Å². The van der Waals surface area contributed by atoms with Gasteiger partial charge in [-0.25, -0.2) is 26.0 Å². The van der Waals surface area contributed by atoms with Crippen molar-refractivity contribution in [3.63, 3.8) is 0 Å². The fraction of sp³-hybridized carbons (Fsp3) is 0.240. The Kier molecular flexibility index (Phi) is 7.06. The van der Waals surface area contributed by atoms with Gasteiger partial charge in [0.25, 0.3) is 15.9 Å². The minimum absolute atomic E-state index is 0.0868. The van der Waals surface area contributed by atoms with Gasteiger partial charge < -0.3 is 14.6 Å². The highest BCUT2D eigenvalue weighted by Gasteiger charge is 2.51. The van der Waals surface area contributed by atoms with Gasteiger partial charge in [0.2, 0.25) is 0 Å². The third kappa shape index (κ3) is 5.40. The van der Waals surface area contributed by atoms with Crippen LogP contribution in [0, 0.1) is 23.3 Å². The van der Waals surface area contributed by atoms with Crippen LogP contribution in [0.15, 0.2) is 59.5 Å². The molecule has 0 spiro atoms. The van der Waals surface area contributed by atoms with E-state index in [1.807, 2.05) is 27.7 Å². The maximum Gasteiger partial charge on any atom is 0.494 e. The number of sulfonamides is 1. The maximum atomic E-state index is 14.6. The van der Waals surface area contributed by atoms with Crippen LogP contribution >= 0.6 is 0 Å². The van der Waals surface area contributed by atoms with Crippen molar-refractivity contribution in [1.82, 2.24) is 0 Å². The van der Waals surface area contributed by atoms with Gasteiger partial charge in [-0.3, -0.25) is 9.52 Å². The summed E-state index contributed by atoms with van der Waals surface area (Å²) in [5, 5.41) is 2.12. The number of anilines is 2. The Morgan fingerprint density at radius 3 is 2.03 bits per heavy atom. The SMILES string of the molecule is CC1(C)OB(c2cccc(NS(=O)(=O)c3cc(C(=O)Nc4cc(F)c(F)c(F)c4)ccc3F)c2)OC1(C)C. The first kappa shape index (κ1) is 27.6. The molecular weight excluding hydrogens is 527 g/mol. The third-order valence-electron chi connectivity index (χ3n) is 6.39. The zero-order valence-corrected chi connectivity index (χ0v) is 21.6. The van der Waals surface area contributed by atoms with E-state index in [2.05, 4.69) is 10.0 Å². The molecule has 0 unspecified atom stereocenters. The molecule has 38 heavy (non-hydrogen) atoms. The standard InChI is InChI=1S/C25H23BF4N2O5S/c1-24(2)25(3,4)37-26(36-24)15-6-5-7-16(11-15)32-38(34,35)21-10-14(8-9-18(21)27)23(33)31-17-12-19(28)22(30)20(29)13-17/h5-13,32H,1-4H3,(H,31,33). The number of hydrogen-bond acceptors (Lipinski definition) is 5. The van der Waals surface area contributed by atoms with Crippen molar-refractivity contribution in [2.24, 2.45) is 0 Å². The van der Waals surface area contributed by atoms with Crippen LogP contribution in [0.3, 0.4) is 0 Å². The van der Waals surface area contributed by atoms with E-state index in [9.17, 15) is 30.8 Å². The Balaban J connectivity index is 1.57. The molecule has 13 heteroatoms. The van der Waals surface area contributed by atoms with E-state index in [1.54, 1.807) is 12.1 Å². The highest BCUT2D eigenvalue weighted by Crippen LogP contribution is 2.36. The van der Waals surface area contributed by atoms with Crippen LogP contribution in [-0.2, 0) is 19.3 Å². The third-order valence-corrected chi connectivity index (χ3v) is 7.79. The fourth-order valence-electron chi connectivity index (χ4n) is 3.62. The molecule has 1 aliphatic heterocycles. The van der Waals surface area contributed by atoms with Gasteiger partial charge >= 0.3 is 7.12 Å². The molecule has 1 fully saturated rings. The van der Waals surface area contributed by atoms with Gasteiger partial charge in [-0.15, -0.1) is 0 Å². The number of benzene rings is 3. The molecule has 3 aromatic rings. The van der Waals surface area contributed by atoms with Gasteiger partial charge in [-0.1, -0.05) is 12.1 Å². The quantitative estimate of drug-likeness (QED) is 0.266. The largest absolute Gasteiger partial charge is 0.494 e. The molecule has 1 aliphatic rings. The van der Waals surface area contributed by atoms with E-state index in [0.29, 0.717) is 17.6 Å². The Morgan fingerprint density at radius 1 is 0.816 bits per heavy atom. The number of rotatable bonds is 6. The van der Waals surface area contributed by atoms with Crippen LogP contribution in [0.25, 0.3) is 0 Å². The summed E-state index contributed by atoms with van der Waals surface area (Å²) in [6.45, 7) is 7.48. The van der Waals surface area contributed by atoms with E-state index >= 15 is 0 Å². The molecular formula is C25H23BF4N2O5S. The summed E-state index contributed by atoms with van der Waals surface area (Å²) in [6, 6.07) is 9.78. The predicted molar refractivity (Wildman–Crippen MR) is 134 cm³/mol. The highest BCUT2D eigenvalue weighted by atomic mass is 32.2. The summed E-state index contributed by atoms with van der Waals surface area (Å²) in [6.07, 6.45) is 0. The lowest BCUT2D eigenvalue weighted by Gasteiger charge is -2.32. The van der Waals surface area contributed by atoms with Crippen molar-refractivity contribution in [2.45, 2.75) is 43.8 Å². The monoisotopic (exact) mass is 550 g/mol. The lowest BCUT2D eigenvalue weighted by Crippen LogP contribution is -2.41. The number of hydrogen-bond donors (Lipinski definition) is 2. The Labute approximate surface area is 217 Å². The van der Waals surface area contributed by atoms with Crippen molar-refractivity contribution in [3.8, 4) is 0 Å². The molecule has 200 valence electrons. The molecule has 1 saturated heterocycles. The second-order valence-electron chi connectivity index (χ2n) is 9.67. The lowest BCUT2D eigenvalue weighted by molar-refractivity contribution is 0.00578. The molecule has 0 aromatic heterocycles. The van der Waals surface area contributed by atoms with Crippen LogP contribution in [0.4, 0.5) is 28.9 Å². The number of halogens is 4. The molecule has 0 bridgehead atoms. The summed E-state index contributed by atoms with van der Waals surface area (Å²) in [7, 11) is -5.30. The molecule has 0 atom stereocenters. The normalized spacial score (nSPS) is 16.4. The second-order valence-corrected chi connectivity index (χ2v) is 11.3. The summed E-state index contributed by atoms with van der Waals surface area (Å²) >= 11 is 0. The molecule has 3 aromatic carbocycles. The first-order valence-electron chi connectivity index (χ1n) is 11.3. The van der Waals surface area contributed by atoms with Crippen LogP contribution in [0.2, 0.25) is 0 Å². The predicted octanol–water partition coefficient (Wildman–Crippen LogP) is 4.60. The molecule has 1 amide bonds. The average Bonchev–Trinajstić information content (AvgIpc) is 3.04. The average molecular weight is 550 g/mol. The van der Waals surface area contributed by atoms with Crippen molar-refractivity contribution in [1.29, 1.82) is 0 Å². The highest BCUT2D eigenvalue weighted by molar-refractivity contribution is 7.92. The smallest absolute Gasteiger partial charge is 0.399 e. The van der Waals surface area contributed by atoms with E-state index in [0.717, 1.165) is 18.2 Å². The molecule has 1 heterocycles. The van der Waals surface area contributed by atoms with Crippen molar-refractivity contribution >= 4 is 39.9 Å². The zero-order chi connectivity index (χ0) is 28.0. The number of carbonyl (C=O) groups excluding carboxylic acids is 1. The first-order valence-corrected chi connectivity index (χ1v) is 12.8. The van der Waals surface area contributed by atoms with E-state index in [4.69, 9.17) is 9.31 Å². The van der Waals surface area contributed by atoms with Gasteiger partial charge in [0.05, 0.1) is 11.2 Å².